The molecule has 0 radical (unpaired) electrons. The van der Waals surface area contributed by atoms with Crippen LogP contribution in [-0.2, 0) is 0 Å². The van der Waals surface area contributed by atoms with Gasteiger partial charge in [0.2, 0.25) is 0 Å². The van der Waals surface area contributed by atoms with Gasteiger partial charge in [-0.2, -0.15) is 0 Å². The smallest absolute Gasteiger partial charge is 0.251 e. The number of carbonyl (C=O) groups excluding carboxylic acids is 1. The maximum absolute atomic E-state index is 12.0. The van der Waals surface area contributed by atoms with Gasteiger partial charge >= 0.3 is 0 Å². The Kier molecular flexibility index (Phi) is 4.97. The lowest BCUT2D eigenvalue weighted by Gasteiger charge is -2.20. The monoisotopic (exact) mass is 255 g/mol. The van der Waals surface area contributed by atoms with E-state index in [-0.39, 0.29) is 24.5 Å². The van der Waals surface area contributed by atoms with Gasteiger partial charge in [-0.1, -0.05) is 31.5 Å². The van der Waals surface area contributed by atoms with E-state index >= 15 is 0 Å². The van der Waals surface area contributed by atoms with Crippen molar-refractivity contribution in [3.05, 3.63) is 34.3 Å². The molecule has 1 amide bonds. The van der Waals surface area contributed by atoms with Crippen LogP contribution in [-0.4, -0.2) is 23.7 Å². The number of aryl methyl sites for hydroxylation is 1. The summed E-state index contributed by atoms with van der Waals surface area (Å²) in [5.41, 5.74) is 1.42. The summed E-state index contributed by atoms with van der Waals surface area (Å²) in [7, 11) is 0. The second-order valence-corrected chi connectivity index (χ2v) is 4.90. The quantitative estimate of drug-likeness (QED) is 0.868. The number of aliphatic hydroxyl groups excluding tert-OH is 1. The average Bonchev–Trinajstić information content (AvgIpc) is 2.28. The molecule has 2 N–H and O–H groups in total. The first-order valence-electron chi connectivity index (χ1n) is 5.63. The van der Waals surface area contributed by atoms with E-state index in [1.54, 1.807) is 18.2 Å². The predicted octanol–water partition coefficient (Wildman–Crippen LogP) is 2.40. The zero-order valence-corrected chi connectivity index (χ0v) is 11.1. The predicted molar refractivity (Wildman–Crippen MR) is 69.4 cm³/mol. The first kappa shape index (κ1) is 14.0. The summed E-state index contributed by atoms with van der Waals surface area (Å²) in [6, 6.07) is 4.96. The molecule has 4 heteroatoms. The van der Waals surface area contributed by atoms with E-state index in [0.29, 0.717) is 10.6 Å². The SMILES string of the molecule is Cc1ccc(Cl)cc1C(=O)NC(CO)C(C)C. The summed E-state index contributed by atoms with van der Waals surface area (Å²) in [4.78, 5) is 12.0. The number of hydrogen-bond acceptors (Lipinski definition) is 2. The number of carbonyl (C=O) groups is 1. The van der Waals surface area contributed by atoms with E-state index in [1.165, 1.54) is 0 Å². The van der Waals surface area contributed by atoms with Gasteiger partial charge in [-0.25, -0.2) is 0 Å². The molecular formula is C13H18ClNO2. The van der Waals surface area contributed by atoms with Crippen LogP contribution < -0.4 is 5.32 Å². The van der Waals surface area contributed by atoms with Crippen molar-refractivity contribution in [1.82, 2.24) is 5.32 Å². The molecule has 0 spiro atoms. The molecule has 0 saturated carbocycles. The number of aliphatic hydroxyl groups is 1. The normalized spacial score (nSPS) is 12.6. The number of halogens is 1. The summed E-state index contributed by atoms with van der Waals surface area (Å²) in [6.45, 7) is 5.69. The molecule has 17 heavy (non-hydrogen) atoms. The van der Waals surface area contributed by atoms with E-state index in [9.17, 15) is 9.90 Å². The summed E-state index contributed by atoms with van der Waals surface area (Å²) in [5.74, 6) is -0.0128. The molecule has 3 nitrogen and oxygen atoms in total. The second-order valence-electron chi connectivity index (χ2n) is 4.47. The van der Waals surface area contributed by atoms with Crippen LogP contribution in [0.1, 0.15) is 29.8 Å². The van der Waals surface area contributed by atoms with Gasteiger partial charge in [-0.15, -0.1) is 0 Å². The molecule has 0 bridgehead atoms. The molecule has 1 atom stereocenters. The summed E-state index contributed by atoms with van der Waals surface area (Å²) in [5, 5.41) is 12.5. The highest BCUT2D eigenvalue weighted by Gasteiger charge is 2.17. The molecule has 94 valence electrons. The Bertz CT molecular complexity index is 404. The molecule has 1 aromatic rings. The van der Waals surface area contributed by atoms with Crippen LogP contribution in [0.15, 0.2) is 18.2 Å². The third-order valence-electron chi connectivity index (χ3n) is 2.76. The first-order chi connectivity index (χ1) is 7.95. The van der Waals surface area contributed by atoms with Crippen LogP contribution in [0.4, 0.5) is 0 Å². The van der Waals surface area contributed by atoms with Crippen molar-refractivity contribution >= 4 is 17.5 Å². The van der Waals surface area contributed by atoms with Gasteiger partial charge < -0.3 is 10.4 Å². The maximum Gasteiger partial charge on any atom is 0.251 e. The van der Waals surface area contributed by atoms with E-state index in [0.717, 1.165) is 5.56 Å². The molecule has 0 aliphatic heterocycles. The lowest BCUT2D eigenvalue weighted by molar-refractivity contribution is 0.0896. The van der Waals surface area contributed by atoms with Crippen molar-refractivity contribution in [3.63, 3.8) is 0 Å². The van der Waals surface area contributed by atoms with Crippen LogP contribution in [0.25, 0.3) is 0 Å². The lowest BCUT2D eigenvalue weighted by Crippen LogP contribution is -2.41. The number of hydrogen-bond donors (Lipinski definition) is 2. The Balaban J connectivity index is 2.86. The third-order valence-corrected chi connectivity index (χ3v) is 3.00. The zero-order chi connectivity index (χ0) is 13.0. The first-order valence-corrected chi connectivity index (χ1v) is 6.01. The minimum absolute atomic E-state index is 0.0664. The van der Waals surface area contributed by atoms with Crippen LogP contribution in [0.5, 0.6) is 0 Å². The highest BCUT2D eigenvalue weighted by Crippen LogP contribution is 2.15. The average molecular weight is 256 g/mol. The van der Waals surface area contributed by atoms with Crippen molar-refractivity contribution in [2.45, 2.75) is 26.8 Å². The summed E-state index contributed by atoms with van der Waals surface area (Å²) in [6.07, 6.45) is 0. The molecule has 0 saturated heterocycles. The Labute approximate surface area is 107 Å². The molecule has 0 fully saturated rings. The molecule has 1 unspecified atom stereocenters. The molecule has 0 aliphatic rings. The summed E-state index contributed by atoms with van der Waals surface area (Å²) < 4.78 is 0. The largest absolute Gasteiger partial charge is 0.394 e. The third kappa shape index (κ3) is 3.72. The fourth-order valence-corrected chi connectivity index (χ4v) is 1.68. The minimum atomic E-state index is -0.235. The van der Waals surface area contributed by atoms with E-state index in [2.05, 4.69) is 5.32 Å². The molecule has 0 aromatic heterocycles. The number of nitrogens with one attached hydrogen (secondary N) is 1. The molecular weight excluding hydrogens is 238 g/mol. The van der Waals surface area contributed by atoms with Gasteiger partial charge in [0.25, 0.3) is 5.91 Å². The Morgan fingerprint density at radius 3 is 2.65 bits per heavy atom. The number of amides is 1. The zero-order valence-electron chi connectivity index (χ0n) is 10.3. The van der Waals surface area contributed by atoms with Crippen molar-refractivity contribution < 1.29 is 9.90 Å². The van der Waals surface area contributed by atoms with Gasteiger partial charge in [0.15, 0.2) is 0 Å². The van der Waals surface area contributed by atoms with E-state index < -0.39 is 0 Å². The van der Waals surface area contributed by atoms with Crippen molar-refractivity contribution in [2.75, 3.05) is 6.61 Å². The van der Waals surface area contributed by atoms with Gasteiger partial charge in [0.05, 0.1) is 12.6 Å². The number of rotatable bonds is 4. The van der Waals surface area contributed by atoms with Gasteiger partial charge in [-0.05, 0) is 30.5 Å². The fourth-order valence-electron chi connectivity index (χ4n) is 1.51. The van der Waals surface area contributed by atoms with E-state index in [4.69, 9.17) is 11.6 Å². The number of benzene rings is 1. The minimum Gasteiger partial charge on any atom is -0.394 e. The second kappa shape index (κ2) is 6.03. The van der Waals surface area contributed by atoms with Gasteiger partial charge in [0, 0.05) is 10.6 Å². The summed E-state index contributed by atoms with van der Waals surface area (Å²) >= 11 is 5.86. The lowest BCUT2D eigenvalue weighted by atomic mass is 10.0. The maximum atomic E-state index is 12.0. The topological polar surface area (TPSA) is 49.3 Å². The van der Waals surface area contributed by atoms with Crippen molar-refractivity contribution in [2.24, 2.45) is 5.92 Å². The van der Waals surface area contributed by atoms with Crippen LogP contribution in [0.3, 0.4) is 0 Å². The highest BCUT2D eigenvalue weighted by atomic mass is 35.5. The van der Waals surface area contributed by atoms with Crippen molar-refractivity contribution in [1.29, 1.82) is 0 Å². The van der Waals surface area contributed by atoms with Gasteiger partial charge in [-0.3, -0.25) is 4.79 Å². The van der Waals surface area contributed by atoms with Crippen molar-refractivity contribution in [3.8, 4) is 0 Å². The van der Waals surface area contributed by atoms with Gasteiger partial charge in [0.1, 0.15) is 0 Å². The molecule has 1 rings (SSSR count). The molecule has 1 aromatic carbocycles. The van der Waals surface area contributed by atoms with Crippen LogP contribution in [0.2, 0.25) is 5.02 Å². The molecule has 0 heterocycles. The fraction of sp³-hybridized carbons (Fsp3) is 0.462. The van der Waals surface area contributed by atoms with E-state index in [1.807, 2.05) is 20.8 Å². The van der Waals surface area contributed by atoms with Crippen LogP contribution in [0, 0.1) is 12.8 Å². The van der Waals surface area contributed by atoms with Crippen LogP contribution >= 0.6 is 11.6 Å². The Morgan fingerprint density at radius 1 is 1.47 bits per heavy atom. The standard InChI is InChI=1S/C13H18ClNO2/c1-8(2)12(7-16)15-13(17)11-6-10(14)5-4-9(11)3/h4-6,8,12,16H,7H2,1-3H3,(H,15,17). The Hall–Kier alpha value is -1.06. The molecule has 0 aliphatic carbocycles. The Morgan fingerprint density at radius 2 is 2.12 bits per heavy atom. The highest BCUT2D eigenvalue weighted by molar-refractivity contribution is 6.31.